The van der Waals surface area contributed by atoms with Gasteiger partial charge in [-0.05, 0) is 37.3 Å². The maximum Gasteiger partial charge on any atom is 0.286 e. The number of amides is 2. The average molecular weight is 387 g/mol. The molecule has 0 aliphatic heterocycles. The van der Waals surface area contributed by atoms with E-state index < -0.39 is 0 Å². The smallest absolute Gasteiger partial charge is 0.286 e. The summed E-state index contributed by atoms with van der Waals surface area (Å²) >= 11 is 7.00. The topological polar surface area (TPSA) is 84.0 Å². The first kappa shape index (κ1) is 18.0. The number of halogens is 1. The molecule has 3 aromatic rings. The molecule has 0 saturated heterocycles. The van der Waals surface area contributed by atoms with Crippen LogP contribution in [-0.4, -0.2) is 22.0 Å². The van der Waals surface area contributed by atoms with Crippen molar-refractivity contribution in [3.63, 3.8) is 0 Å². The lowest BCUT2D eigenvalue weighted by molar-refractivity contribution is 0.0950. The molecule has 2 N–H and O–H groups in total. The van der Waals surface area contributed by atoms with Gasteiger partial charge in [0.2, 0.25) is 5.01 Å². The summed E-state index contributed by atoms with van der Waals surface area (Å²) in [6, 6.07) is 14.1. The van der Waals surface area contributed by atoms with Crippen molar-refractivity contribution in [2.24, 2.45) is 0 Å². The summed E-state index contributed by atoms with van der Waals surface area (Å²) in [7, 11) is 0. The van der Waals surface area contributed by atoms with E-state index in [4.69, 9.17) is 11.6 Å². The van der Waals surface area contributed by atoms with Crippen LogP contribution in [0.1, 0.15) is 30.7 Å². The van der Waals surface area contributed by atoms with Crippen molar-refractivity contribution >= 4 is 40.4 Å². The third-order valence-corrected chi connectivity index (χ3v) is 4.61. The number of aryl methyl sites for hydroxylation is 1. The molecule has 0 aliphatic carbocycles. The fraction of sp³-hybridized carbons (Fsp3) is 0.111. The molecule has 8 heteroatoms. The van der Waals surface area contributed by atoms with Crippen LogP contribution in [0.3, 0.4) is 0 Å². The van der Waals surface area contributed by atoms with E-state index in [0.29, 0.717) is 21.3 Å². The summed E-state index contributed by atoms with van der Waals surface area (Å²) in [6.45, 7) is 2.15. The molecule has 0 radical (unpaired) electrons. The average Bonchev–Trinajstić information content (AvgIpc) is 3.11. The highest BCUT2D eigenvalue weighted by Crippen LogP contribution is 2.15. The van der Waals surface area contributed by atoms with Gasteiger partial charge in [-0.3, -0.25) is 9.59 Å². The van der Waals surface area contributed by atoms with Crippen molar-refractivity contribution in [1.82, 2.24) is 15.5 Å². The highest BCUT2D eigenvalue weighted by Gasteiger charge is 2.14. The van der Waals surface area contributed by atoms with Gasteiger partial charge in [0.15, 0.2) is 0 Å². The first-order valence-electron chi connectivity index (χ1n) is 7.75. The monoisotopic (exact) mass is 386 g/mol. The van der Waals surface area contributed by atoms with Crippen molar-refractivity contribution in [2.45, 2.75) is 13.5 Å². The lowest BCUT2D eigenvalue weighted by atomic mass is 10.2. The van der Waals surface area contributed by atoms with Crippen molar-refractivity contribution in [3.8, 4) is 0 Å². The second-order valence-electron chi connectivity index (χ2n) is 5.51. The number of hydrogen-bond donors (Lipinski definition) is 2. The van der Waals surface area contributed by atoms with Crippen LogP contribution >= 0.6 is 22.9 Å². The van der Waals surface area contributed by atoms with Crippen molar-refractivity contribution in [3.05, 3.63) is 74.7 Å². The molecule has 0 fully saturated rings. The van der Waals surface area contributed by atoms with E-state index in [-0.39, 0.29) is 23.4 Å². The third-order valence-electron chi connectivity index (χ3n) is 3.46. The number of carbonyl (C=O) groups excluding carboxylic acids is 2. The second kappa shape index (κ2) is 8.07. The Morgan fingerprint density at radius 1 is 1.08 bits per heavy atom. The maximum absolute atomic E-state index is 12.2. The van der Waals surface area contributed by atoms with Gasteiger partial charge in [0, 0.05) is 16.3 Å². The Balaban J connectivity index is 1.58. The molecule has 3 rings (SSSR count). The van der Waals surface area contributed by atoms with Crippen LogP contribution in [0.15, 0.2) is 48.5 Å². The first-order chi connectivity index (χ1) is 12.5. The number of aromatic nitrogens is 2. The Morgan fingerprint density at radius 2 is 1.85 bits per heavy atom. The fourth-order valence-corrected chi connectivity index (χ4v) is 2.99. The molecule has 2 aromatic carbocycles. The number of carbonyl (C=O) groups is 2. The van der Waals surface area contributed by atoms with Crippen LogP contribution < -0.4 is 10.6 Å². The third kappa shape index (κ3) is 4.65. The minimum atomic E-state index is -0.334. The van der Waals surface area contributed by atoms with Gasteiger partial charge in [0.05, 0.1) is 6.54 Å². The number of benzene rings is 2. The summed E-state index contributed by atoms with van der Waals surface area (Å²) in [5.74, 6) is -0.605. The fourth-order valence-electron chi connectivity index (χ4n) is 2.13. The summed E-state index contributed by atoms with van der Waals surface area (Å²) in [6.07, 6.45) is 0. The highest BCUT2D eigenvalue weighted by atomic mass is 35.5. The highest BCUT2D eigenvalue weighted by molar-refractivity contribution is 7.13. The van der Waals surface area contributed by atoms with E-state index >= 15 is 0 Å². The molecule has 2 amide bonds. The SMILES string of the molecule is Cc1ccc(NC(=O)c2nnc(CNC(=O)c3cccc(Cl)c3)s2)cc1. The van der Waals surface area contributed by atoms with Gasteiger partial charge in [-0.25, -0.2) is 0 Å². The molecule has 26 heavy (non-hydrogen) atoms. The molecule has 1 heterocycles. The van der Waals surface area contributed by atoms with E-state index in [1.165, 1.54) is 0 Å². The predicted molar refractivity (Wildman–Crippen MR) is 102 cm³/mol. The van der Waals surface area contributed by atoms with Crippen molar-refractivity contribution < 1.29 is 9.59 Å². The molecule has 1 aromatic heterocycles. The van der Waals surface area contributed by atoms with Gasteiger partial charge in [-0.15, -0.1) is 10.2 Å². The van der Waals surface area contributed by atoms with Crippen LogP contribution in [0, 0.1) is 6.92 Å². The van der Waals surface area contributed by atoms with Gasteiger partial charge >= 0.3 is 0 Å². The van der Waals surface area contributed by atoms with E-state index in [1.807, 2.05) is 31.2 Å². The van der Waals surface area contributed by atoms with Crippen LogP contribution in [0.4, 0.5) is 5.69 Å². The van der Waals surface area contributed by atoms with E-state index in [1.54, 1.807) is 24.3 Å². The molecule has 132 valence electrons. The van der Waals surface area contributed by atoms with Crippen molar-refractivity contribution in [1.29, 1.82) is 0 Å². The molecule has 0 saturated carbocycles. The second-order valence-corrected chi connectivity index (χ2v) is 7.01. The first-order valence-corrected chi connectivity index (χ1v) is 8.95. The number of rotatable bonds is 5. The normalized spacial score (nSPS) is 10.4. The summed E-state index contributed by atoms with van der Waals surface area (Å²) < 4.78 is 0. The zero-order valence-electron chi connectivity index (χ0n) is 13.8. The van der Waals surface area contributed by atoms with Crippen molar-refractivity contribution in [2.75, 3.05) is 5.32 Å². The number of nitrogens with one attached hydrogen (secondary N) is 2. The van der Waals surface area contributed by atoms with Gasteiger partial charge in [0.1, 0.15) is 5.01 Å². The molecule has 0 bridgehead atoms. The molecule has 0 unspecified atom stereocenters. The molecule has 0 aliphatic rings. The lowest BCUT2D eigenvalue weighted by Crippen LogP contribution is -2.22. The maximum atomic E-state index is 12.2. The number of anilines is 1. The minimum absolute atomic E-state index is 0.181. The molecule has 0 spiro atoms. The van der Waals surface area contributed by atoms with Gasteiger partial charge in [-0.1, -0.05) is 46.7 Å². The van der Waals surface area contributed by atoms with E-state index in [2.05, 4.69) is 20.8 Å². The van der Waals surface area contributed by atoms with Crippen LogP contribution in [0.2, 0.25) is 5.02 Å². The molecular formula is C18H15ClN4O2S. The van der Waals surface area contributed by atoms with Crippen LogP contribution in [0.5, 0.6) is 0 Å². The Bertz CT molecular complexity index is 940. The summed E-state index contributed by atoms with van der Waals surface area (Å²) in [5.41, 5.74) is 2.25. The molecule has 0 atom stereocenters. The number of nitrogens with zero attached hydrogens (tertiary/aromatic N) is 2. The Hall–Kier alpha value is -2.77. The standard InChI is InChI=1S/C18H15ClN4O2S/c1-11-5-7-14(8-6-11)21-17(25)18-23-22-15(26-18)10-20-16(24)12-3-2-4-13(19)9-12/h2-9H,10H2,1H3,(H,20,24)(H,21,25). The Kier molecular flexibility index (Phi) is 5.60. The Labute approximate surface area is 159 Å². The van der Waals surface area contributed by atoms with Gasteiger partial charge < -0.3 is 10.6 Å². The zero-order valence-corrected chi connectivity index (χ0v) is 15.4. The molecule has 6 nitrogen and oxygen atoms in total. The minimum Gasteiger partial charge on any atom is -0.345 e. The van der Waals surface area contributed by atoms with Crippen LogP contribution in [0.25, 0.3) is 0 Å². The number of hydrogen-bond acceptors (Lipinski definition) is 5. The Morgan fingerprint density at radius 3 is 2.58 bits per heavy atom. The van der Waals surface area contributed by atoms with E-state index in [9.17, 15) is 9.59 Å². The largest absolute Gasteiger partial charge is 0.345 e. The zero-order chi connectivity index (χ0) is 18.5. The van der Waals surface area contributed by atoms with E-state index in [0.717, 1.165) is 16.9 Å². The molecular weight excluding hydrogens is 372 g/mol. The quantitative estimate of drug-likeness (QED) is 0.700. The van der Waals surface area contributed by atoms with Gasteiger partial charge in [-0.2, -0.15) is 0 Å². The van der Waals surface area contributed by atoms with Gasteiger partial charge in [0.25, 0.3) is 11.8 Å². The summed E-state index contributed by atoms with van der Waals surface area (Å²) in [4.78, 5) is 24.3. The predicted octanol–water partition coefficient (Wildman–Crippen LogP) is 3.68. The van der Waals surface area contributed by atoms with Crippen LogP contribution in [-0.2, 0) is 6.54 Å². The summed E-state index contributed by atoms with van der Waals surface area (Å²) in [5, 5.41) is 14.6. The lowest BCUT2D eigenvalue weighted by Gasteiger charge is -2.03.